The van der Waals surface area contributed by atoms with Gasteiger partial charge in [-0.25, -0.2) is 15.0 Å². The maximum Gasteiger partial charge on any atom is 0.387 e. The van der Waals surface area contributed by atoms with Crippen LogP contribution in [0.1, 0.15) is 53.1 Å². The van der Waals surface area contributed by atoms with Crippen molar-refractivity contribution in [3.05, 3.63) is 65.7 Å². The summed E-state index contributed by atoms with van der Waals surface area (Å²) in [7, 11) is 0. The summed E-state index contributed by atoms with van der Waals surface area (Å²) in [5.41, 5.74) is 3.99. The normalized spacial score (nSPS) is 24.5. The molecule has 0 aliphatic carbocycles. The Balaban J connectivity index is 1.16. The van der Waals surface area contributed by atoms with E-state index >= 15 is 0 Å². The molecular formula is C29H25F2N7O3. The number of carbonyl (C=O) groups excluding carboxylic acids is 2. The van der Waals surface area contributed by atoms with E-state index in [1.807, 2.05) is 22.8 Å². The number of alkyl halides is 2. The van der Waals surface area contributed by atoms with Gasteiger partial charge in [0.15, 0.2) is 0 Å². The van der Waals surface area contributed by atoms with Crippen LogP contribution in [0, 0.1) is 5.92 Å². The maximum absolute atomic E-state index is 13.3. The van der Waals surface area contributed by atoms with E-state index in [4.69, 9.17) is 9.72 Å². The van der Waals surface area contributed by atoms with Gasteiger partial charge < -0.3 is 24.8 Å². The minimum atomic E-state index is -3.01. The summed E-state index contributed by atoms with van der Waals surface area (Å²) in [6.45, 7) is -1.72. The summed E-state index contributed by atoms with van der Waals surface area (Å²) in [5, 5.41) is 6.09. The zero-order chi connectivity index (χ0) is 27.8. The van der Waals surface area contributed by atoms with Gasteiger partial charge in [-0.05, 0) is 49.1 Å². The summed E-state index contributed by atoms with van der Waals surface area (Å²) in [5.74, 6) is 0.995. The van der Waals surface area contributed by atoms with Gasteiger partial charge in [0.05, 0.1) is 29.0 Å². The van der Waals surface area contributed by atoms with Crippen LogP contribution < -0.4 is 20.3 Å². The number of rotatable bonds is 4. The van der Waals surface area contributed by atoms with Crippen molar-refractivity contribution in [2.75, 3.05) is 18.0 Å². The van der Waals surface area contributed by atoms with Crippen LogP contribution in [0.2, 0.25) is 0 Å². The molecule has 9 rings (SSSR count). The Kier molecular flexibility index (Phi) is 5.28. The van der Waals surface area contributed by atoms with Gasteiger partial charge in [0.25, 0.3) is 5.91 Å². The predicted molar refractivity (Wildman–Crippen MR) is 144 cm³/mol. The summed E-state index contributed by atoms with van der Waals surface area (Å²) < 4.78 is 33.5. The lowest BCUT2D eigenvalue weighted by Crippen LogP contribution is -2.43. The van der Waals surface area contributed by atoms with Crippen LogP contribution in [0.5, 0.6) is 5.75 Å². The third-order valence-corrected chi connectivity index (χ3v) is 8.68. The van der Waals surface area contributed by atoms with Crippen molar-refractivity contribution in [1.82, 2.24) is 30.2 Å². The van der Waals surface area contributed by atoms with E-state index in [2.05, 4.69) is 25.5 Å². The van der Waals surface area contributed by atoms with E-state index in [0.717, 1.165) is 35.0 Å². The molecule has 208 valence electrons. The number of anilines is 1. The van der Waals surface area contributed by atoms with E-state index in [0.29, 0.717) is 42.4 Å². The lowest BCUT2D eigenvalue weighted by atomic mass is 9.96. The van der Waals surface area contributed by atoms with E-state index in [9.17, 15) is 18.4 Å². The third kappa shape index (κ3) is 3.84. The van der Waals surface area contributed by atoms with Crippen molar-refractivity contribution in [2.45, 2.75) is 44.0 Å². The zero-order valence-corrected chi connectivity index (χ0v) is 21.8. The SMILES string of the molecule is O=C1NC2CC(c3c(OC(F)F)cccc31)n1c2nc2ccc(-c3cnc(N4CC5CCC(C4)C(=O)N5)nc3)cc21. The van der Waals surface area contributed by atoms with Crippen LogP contribution in [0.3, 0.4) is 0 Å². The fourth-order valence-corrected chi connectivity index (χ4v) is 6.83. The second-order valence-electron chi connectivity index (χ2n) is 11.1. The Morgan fingerprint density at radius 1 is 1.00 bits per heavy atom. The Morgan fingerprint density at radius 2 is 1.85 bits per heavy atom. The fraction of sp³-hybridized carbons (Fsp3) is 0.345. The Hall–Kier alpha value is -4.61. The highest BCUT2D eigenvalue weighted by Gasteiger charge is 2.42. The minimum absolute atomic E-state index is 0.00741. The summed E-state index contributed by atoms with van der Waals surface area (Å²) >= 11 is 0. The number of aromatic nitrogens is 4. The van der Waals surface area contributed by atoms with Gasteiger partial charge in [-0.15, -0.1) is 0 Å². The number of nitrogens with zero attached hydrogens (tertiary/aromatic N) is 5. The van der Waals surface area contributed by atoms with Crippen molar-refractivity contribution in [1.29, 1.82) is 0 Å². The Labute approximate surface area is 232 Å². The van der Waals surface area contributed by atoms with Crippen molar-refractivity contribution >= 4 is 28.8 Å². The molecule has 3 fully saturated rings. The van der Waals surface area contributed by atoms with Crippen LogP contribution in [-0.4, -0.2) is 57.1 Å². The molecule has 12 heteroatoms. The molecule has 4 bridgehead atoms. The molecule has 2 amide bonds. The maximum atomic E-state index is 13.3. The van der Waals surface area contributed by atoms with Gasteiger partial charge in [-0.2, -0.15) is 8.78 Å². The number of halogens is 2. The number of imidazole rings is 1. The molecule has 0 saturated carbocycles. The minimum Gasteiger partial charge on any atom is -0.434 e. The number of benzene rings is 2. The average Bonchev–Trinajstić information content (AvgIpc) is 3.28. The number of hydrogen-bond donors (Lipinski definition) is 2. The molecule has 3 saturated heterocycles. The Bertz CT molecular complexity index is 1720. The molecule has 10 nitrogen and oxygen atoms in total. The highest BCUT2D eigenvalue weighted by molar-refractivity contribution is 5.98. The van der Waals surface area contributed by atoms with Gasteiger partial charge in [-0.3, -0.25) is 9.59 Å². The van der Waals surface area contributed by atoms with Crippen LogP contribution in [0.25, 0.3) is 22.2 Å². The zero-order valence-electron chi connectivity index (χ0n) is 21.8. The summed E-state index contributed by atoms with van der Waals surface area (Å²) in [4.78, 5) is 41.4. The molecule has 4 atom stereocenters. The smallest absolute Gasteiger partial charge is 0.387 e. The molecule has 4 unspecified atom stereocenters. The van der Waals surface area contributed by atoms with Crippen LogP contribution in [0.15, 0.2) is 48.8 Å². The molecule has 41 heavy (non-hydrogen) atoms. The van der Waals surface area contributed by atoms with Gasteiger partial charge in [0, 0.05) is 48.2 Å². The molecular weight excluding hydrogens is 532 g/mol. The molecule has 5 aliphatic heterocycles. The second-order valence-corrected chi connectivity index (χ2v) is 11.1. The number of nitrogens with one attached hydrogen (secondary N) is 2. The van der Waals surface area contributed by atoms with E-state index < -0.39 is 12.7 Å². The van der Waals surface area contributed by atoms with Gasteiger partial charge in [-0.1, -0.05) is 12.1 Å². The third-order valence-electron chi connectivity index (χ3n) is 8.68. The van der Waals surface area contributed by atoms with Crippen molar-refractivity contribution in [2.24, 2.45) is 5.92 Å². The fourth-order valence-electron chi connectivity index (χ4n) is 6.83. The van der Waals surface area contributed by atoms with Crippen molar-refractivity contribution in [3.63, 3.8) is 0 Å². The van der Waals surface area contributed by atoms with Gasteiger partial charge >= 0.3 is 6.61 Å². The first-order valence-electron chi connectivity index (χ1n) is 13.7. The van der Waals surface area contributed by atoms with E-state index in [1.54, 1.807) is 24.5 Å². The molecule has 4 aromatic rings. The molecule has 2 aromatic carbocycles. The molecule has 0 spiro atoms. The standard InChI is InChI=1S/C29H25F2N7O3/c30-28(31)41-23-3-1-2-18-24(23)22-9-20(36-27(18)40)25-35-19-7-5-14(8-21(19)38(22)25)16-10-32-29(33-11-16)37-12-15-4-6-17(13-37)34-26(15)39/h1-3,5,7-8,10-11,15,17,20,22,28H,4,6,9,12-13H2,(H,34,39)(H,36,40). The van der Waals surface area contributed by atoms with E-state index in [-0.39, 0.29) is 35.6 Å². The Morgan fingerprint density at radius 3 is 2.66 bits per heavy atom. The monoisotopic (exact) mass is 557 g/mol. The highest BCUT2D eigenvalue weighted by atomic mass is 19.3. The predicted octanol–water partition coefficient (Wildman–Crippen LogP) is 3.59. The first-order valence-corrected chi connectivity index (χ1v) is 13.7. The van der Waals surface area contributed by atoms with Gasteiger partial charge in [0.1, 0.15) is 11.6 Å². The summed E-state index contributed by atoms with van der Waals surface area (Å²) in [6, 6.07) is 9.85. The highest BCUT2D eigenvalue weighted by Crippen LogP contribution is 2.47. The number of hydrogen-bond acceptors (Lipinski definition) is 7. The van der Waals surface area contributed by atoms with Crippen molar-refractivity contribution < 1.29 is 23.1 Å². The second kappa shape index (κ2) is 8.95. The lowest BCUT2D eigenvalue weighted by molar-refractivity contribution is -0.126. The molecule has 7 heterocycles. The average molecular weight is 558 g/mol. The molecule has 2 aromatic heterocycles. The van der Waals surface area contributed by atoms with E-state index in [1.165, 1.54) is 6.07 Å². The van der Waals surface area contributed by atoms with Crippen LogP contribution >= 0.6 is 0 Å². The van der Waals surface area contributed by atoms with Crippen LogP contribution in [-0.2, 0) is 4.79 Å². The first kappa shape index (κ1) is 24.2. The number of ether oxygens (including phenoxy) is 1. The van der Waals surface area contributed by atoms with Gasteiger partial charge in [0.2, 0.25) is 11.9 Å². The number of amides is 2. The van der Waals surface area contributed by atoms with Crippen LogP contribution in [0.4, 0.5) is 14.7 Å². The quantitative estimate of drug-likeness (QED) is 0.394. The summed E-state index contributed by atoms with van der Waals surface area (Å²) in [6.07, 6.45) is 5.89. The van der Waals surface area contributed by atoms with Crippen molar-refractivity contribution in [3.8, 4) is 16.9 Å². The topological polar surface area (TPSA) is 114 Å². The first-order chi connectivity index (χ1) is 19.9. The molecule has 2 N–H and O–H groups in total. The number of carbonyl (C=O) groups is 2. The largest absolute Gasteiger partial charge is 0.434 e. The molecule has 5 aliphatic rings. The number of fused-ring (bicyclic) bond motifs is 13. The lowest BCUT2D eigenvalue weighted by Gasteiger charge is -2.22. The molecule has 0 radical (unpaired) electrons. The number of piperidine rings is 1.